The normalized spacial score (nSPS) is 23.5. The third kappa shape index (κ3) is 4.45. The summed E-state index contributed by atoms with van der Waals surface area (Å²) in [6, 6.07) is 7.90. The van der Waals surface area contributed by atoms with Crippen LogP contribution in [0.25, 0.3) is 20.8 Å². The van der Waals surface area contributed by atoms with Crippen LogP contribution in [0.1, 0.15) is 44.3 Å². The Labute approximate surface area is 195 Å². The van der Waals surface area contributed by atoms with E-state index in [1.807, 2.05) is 31.2 Å². The lowest BCUT2D eigenvalue weighted by molar-refractivity contribution is 0.106. The third-order valence-corrected chi connectivity index (χ3v) is 7.65. The number of nitrogens with one attached hydrogen (secondary N) is 3. The first-order chi connectivity index (χ1) is 16.0. The molecule has 2 fully saturated rings. The molecule has 5 rings (SSSR count). The zero-order chi connectivity index (χ0) is 22.9. The second kappa shape index (κ2) is 9.11. The number of anilines is 1. The van der Waals surface area contributed by atoms with Crippen LogP contribution in [0, 0.1) is 0 Å². The number of carbonyl (C=O) groups is 1. The van der Waals surface area contributed by atoms with Crippen molar-refractivity contribution in [2.24, 2.45) is 0 Å². The molecule has 3 aromatic rings. The van der Waals surface area contributed by atoms with Gasteiger partial charge in [0.1, 0.15) is 22.2 Å². The lowest BCUT2D eigenvalue weighted by Gasteiger charge is -2.35. The van der Waals surface area contributed by atoms with Crippen molar-refractivity contribution in [2.45, 2.75) is 50.6 Å². The van der Waals surface area contributed by atoms with Crippen molar-refractivity contribution in [3.63, 3.8) is 0 Å². The van der Waals surface area contributed by atoms with E-state index >= 15 is 0 Å². The standard InChI is InChI=1S/C23H28N6O3S/c1-13-11-14(8-10-29(13)23(31)32)19-27-20(25-15-5-4-9-24-12-15)18(21(30)28-19)22-26-16-6-2-3-7-17(16)33-22/h2-3,6-7,13-15,24H,4-5,8-12H2,1H3,(H,31,32)(H2,25,27,28,30)/t13?,14?,15-/m1/s1. The van der Waals surface area contributed by atoms with Gasteiger partial charge in [0.15, 0.2) is 0 Å². The van der Waals surface area contributed by atoms with E-state index in [0.29, 0.717) is 41.6 Å². The fraction of sp³-hybridized carbons (Fsp3) is 0.478. The molecule has 10 heteroatoms. The van der Waals surface area contributed by atoms with E-state index < -0.39 is 6.09 Å². The zero-order valence-electron chi connectivity index (χ0n) is 18.5. The molecule has 0 radical (unpaired) electrons. The Kier molecular flexibility index (Phi) is 6.03. The number of piperidine rings is 2. The smallest absolute Gasteiger partial charge is 0.407 e. The van der Waals surface area contributed by atoms with Crippen LogP contribution in [0.15, 0.2) is 29.1 Å². The van der Waals surface area contributed by atoms with Gasteiger partial charge in [0, 0.05) is 31.1 Å². The van der Waals surface area contributed by atoms with E-state index in [1.54, 1.807) is 0 Å². The number of likely N-dealkylation sites (tertiary alicyclic amines) is 1. The summed E-state index contributed by atoms with van der Waals surface area (Å²) in [6.45, 7) is 4.15. The predicted molar refractivity (Wildman–Crippen MR) is 129 cm³/mol. The van der Waals surface area contributed by atoms with Gasteiger partial charge in [0.05, 0.1) is 10.2 Å². The number of aromatic nitrogens is 3. The Morgan fingerprint density at radius 2 is 2.12 bits per heavy atom. The lowest BCUT2D eigenvalue weighted by atomic mass is 9.91. The summed E-state index contributed by atoms with van der Waals surface area (Å²) < 4.78 is 1.02. The molecule has 2 aliphatic heterocycles. The highest BCUT2D eigenvalue weighted by Crippen LogP contribution is 2.34. The Morgan fingerprint density at radius 1 is 1.27 bits per heavy atom. The van der Waals surface area contributed by atoms with Gasteiger partial charge in [-0.3, -0.25) is 4.79 Å². The van der Waals surface area contributed by atoms with Gasteiger partial charge in [-0.15, -0.1) is 11.3 Å². The van der Waals surface area contributed by atoms with E-state index in [4.69, 9.17) is 9.97 Å². The largest absolute Gasteiger partial charge is 0.465 e. The molecule has 33 heavy (non-hydrogen) atoms. The number of rotatable bonds is 4. The minimum absolute atomic E-state index is 0.00209. The summed E-state index contributed by atoms with van der Waals surface area (Å²) in [7, 11) is 0. The van der Waals surface area contributed by atoms with Crippen molar-refractivity contribution in [3.05, 3.63) is 40.4 Å². The van der Waals surface area contributed by atoms with Gasteiger partial charge in [-0.2, -0.15) is 0 Å². The molecule has 4 N–H and O–H groups in total. The number of aromatic amines is 1. The first-order valence-corrected chi connectivity index (χ1v) is 12.3. The first-order valence-electron chi connectivity index (χ1n) is 11.5. The molecular formula is C23H28N6O3S. The molecular weight excluding hydrogens is 440 g/mol. The Balaban J connectivity index is 1.53. The van der Waals surface area contributed by atoms with Gasteiger partial charge < -0.3 is 25.6 Å². The van der Waals surface area contributed by atoms with Crippen molar-refractivity contribution in [3.8, 4) is 10.6 Å². The minimum Gasteiger partial charge on any atom is -0.465 e. The average Bonchev–Trinajstić information content (AvgIpc) is 3.22. The number of para-hydroxylation sites is 1. The van der Waals surface area contributed by atoms with E-state index in [1.165, 1.54) is 16.2 Å². The van der Waals surface area contributed by atoms with Crippen LogP contribution in [-0.4, -0.2) is 62.8 Å². The number of fused-ring (bicyclic) bond motifs is 1. The highest BCUT2D eigenvalue weighted by molar-refractivity contribution is 7.21. The van der Waals surface area contributed by atoms with E-state index in [-0.39, 0.29) is 23.6 Å². The lowest BCUT2D eigenvalue weighted by Crippen LogP contribution is -2.44. The summed E-state index contributed by atoms with van der Waals surface area (Å²) in [5.41, 5.74) is 1.13. The second-order valence-corrected chi connectivity index (χ2v) is 9.93. The third-order valence-electron chi connectivity index (χ3n) is 6.59. The summed E-state index contributed by atoms with van der Waals surface area (Å²) in [5.74, 6) is 1.18. The van der Waals surface area contributed by atoms with Gasteiger partial charge in [-0.25, -0.2) is 14.8 Å². The monoisotopic (exact) mass is 468 g/mol. The van der Waals surface area contributed by atoms with Crippen LogP contribution >= 0.6 is 11.3 Å². The van der Waals surface area contributed by atoms with Crippen LogP contribution in [0.3, 0.4) is 0 Å². The summed E-state index contributed by atoms with van der Waals surface area (Å²) in [5, 5.41) is 17.0. The predicted octanol–water partition coefficient (Wildman–Crippen LogP) is 3.46. The topological polar surface area (TPSA) is 123 Å². The van der Waals surface area contributed by atoms with E-state index in [9.17, 15) is 14.7 Å². The number of hydrogen-bond donors (Lipinski definition) is 4. The Bertz CT molecular complexity index is 1190. The number of carboxylic acid groups (broad SMARTS) is 1. The van der Waals surface area contributed by atoms with Crippen LogP contribution in [0.4, 0.5) is 10.6 Å². The molecule has 2 saturated heterocycles. The number of H-pyrrole nitrogens is 1. The molecule has 2 aliphatic rings. The van der Waals surface area contributed by atoms with Crippen molar-refractivity contribution in [1.29, 1.82) is 0 Å². The summed E-state index contributed by atoms with van der Waals surface area (Å²) in [6.07, 6.45) is 2.42. The SMILES string of the molecule is CC1CC(c2nc(N[C@@H]3CCCNC3)c(-c3nc4ccccc4s3)c(=O)[nH]2)CCN1C(=O)O. The maximum atomic E-state index is 13.4. The molecule has 2 aromatic heterocycles. The maximum Gasteiger partial charge on any atom is 0.407 e. The highest BCUT2D eigenvalue weighted by atomic mass is 32.1. The molecule has 1 amide bonds. The molecule has 1 aromatic carbocycles. The average molecular weight is 469 g/mol. The van der Waals surface area contributed by atoms with Crippen LogP contribution in [0.5, 0.6) is 0 Å². The first kappa shape index (κ1) is 21.8. The molecule has 0 bridgehead atoms. The van der Waals surface area contributed by atoms with E-state index in [2.05, 4.69) is 15.6 Å². The molecule has 174 valence electrons. The summed E-state index contributed by atoms with van der Waals surface area (Å²) >= 11 is 1.49. The molecule has 2 unspecified atom stereocenters. The number of hydrogen-bond acceptors (Lipinski definition) is 7. The van der Waals surface area contributed by atoms with Crippen molar-refractivity contribution < 1.29 is 9.90 Å². The van der Waals surface area contributed by atoms with Crippen LogP contribution in [-0.2, 0) is 0 Å². The van der Waals surface area contributed by atoms with Crippen molar-refractivity contribution >= 4 is 33.5 Å². The Morgan fingerprint density at radius 3 is 2.85 bits per heavy atom. The number of thiazole rings is 1. The molecule has 0 aliphatic carbocycles. The zero-order valence-corrected chi connectivity index (χ0v) is 19.3. The molecule has 9 nitrogen and oxygen atoms in total. The van der Waals surface area contributed by atoms with Crippen LogP contribution < -0.4 is 16.2 Å². The van der Waals surface area contributed by atoms with Gasteiger partial charge in [-0.05, 0) is 51.3 Å². The van der Waals surface area contributed by atoms with Crippen molar-refractivity contribution in [1.82, 2.24) is 25.2 Å². The van der Waals surface area contributed by atoms with Gasteiger partial charge in [0.2, 0.25) is 0 Å². The number of amides is 1. The molecule has 0 spiro atoms. The highest BCUT2D eigenvalue weighted by Gasteiger charge is 2.32. The molecule has 3 atom stereocenters. The quantitative estimate of drug-likeness (QED) is 0.462. The Hall–Kier alpha value is -2.98. The van der Waals surface area contributed by atoms with Crippen molar-refractivity contribution in [2.75, 3.05) is 25.0 Å². The number of benzene rings is 1. The number of nitrogens with zero attached hydrogens (tertiary/aromatic N) is 3. The van der Waals surface area contributed by atoms with Gasteiger partial charge >= 0.3 is 6.09 Å². The fourth-order valence-electron chi connectivity index (χ4n) is 4.84. The summed E-state index contributed by atoms with van der Waals surface area (Å²) in [4.78, 5) is 38.9. The molecule has 0 saturated carbocycles. The van der Waals surface area contributed by atoms with Crippen LogP contribution in [0.2, 0.25) is 0 Å². The second-order valence-electron chi connectivity index (χ2n) is 8.90. The van der Waals surface area contributed by atoms with Gasteiger partial charge in [0.25, 0.3) is 5.56 Å². The van der Waals surface area contributed by atoms with E-state index in [0.717, 1.165) is 36.1 Å². The van der Waals surface area contributed by atoms with Gasteiger partial charge in [-0.1, -0.05) is 12.1 Å². The maximum absolute atomic E-state index is 13.4. The minimum atomic E-state index is -0.902. The fourth-order valence-corrected chi connectivity index (χ4v) is 5.85. The molecule has 4 heterocycles.